The second-order valence-corrected chi connectivity index (χ2v) is 12.4. The quantitative estimate of drug-likeness (QED) is 0.155. The zero-order valence-corrected chi connectivity index (χ0v) is 27.3. The maximum absolute atomic E-state index is 15.9. The molecule has 2 fully saturated rings. The van der Waals surface area contributed by atoms with Crippen LogP contribution in [0.5, 0.6) is 11.6 Å². The summed E-state index contributed by atoms with van der Waals surface area (Å²) in [4.78, 5) is 33.6. The first kappa shape index (κ1) is 35.2. The number of methoxy groups -OCH3 is 3. The van der Waals surface area contributed by atoms with Crippen molar-refractivity contribution in [3.05, 3.63) is 58.8 Å². The number of halogens is 4. The van der Waals surface area contributed by atoms with Gasteiger partial charge in [0.05, 0.1) is 56.1 Å². The highest BCUT2D eigenvalue weighted by molar-refractivity contribution is 6.04. The van der Waals surface area contributed by atoms with E-state index >= 15 is 4.39 Å². The second kappa shape index (κ2) is 15.0. The van der Waals surface area contributed by atoms with E-state index in [4.69, 9.17) is 18.9 Å². The van der Waals surface area contributed by atoms with Crippen LogP contribution in [0, 0.1) is 17.7 Å². The molecule has 2 aliphatic carbocycles. The number of hydrogen-bond acceptors (Lipinski definition) is 9. The molecule has 48 heavy (non-hydrogen) atoms. The van der Waals surface area contributed by atoms with Crippen molar-refractivity contribution in [3.63, 3.8) is 0 Å². The number of carbonyl (C=O) groups excluding carboxylic acids is 2. The molecule has 3 aromatic rings. The molecule has 0 atom stereocenters. The van der Waals surface area contributed by atoms with Gasteiger partial charge in [-0.2, -0.15) is 28.2 Å². The summed E-state index contributed by atoms with van der Waals surface area (Å²) in [6, 6.07) is 1.86. The molecule has 0 unspecified atom stereocenters. The number of esters is 1. The third-order valence-electron chi connectivity index (χ3n) is 8.69. The number of aromatic nitrogens is 4. The Morgan fingerprint density at radius 3 is 2.29 bits per heavy atom. The van der Waals surface area contributed by atoms with Crippen molar-refractivity contribution >= 4 is 17.6 Å². The summed E-state index contributed by atoms with van der Waals surface area (Å²) < 4.78 is 79.7. The van der Waals surface area contributed by atoms with Crippen molar-refractivity contribution in [3.8, 4) is 11.6 Å². The SMILES string of the molecule is COCC(COC)N(C(=O)C1CCC(C)CC1)c1cc(F)c(Oc2ncc(Cn3ncc(C4CC4)n3)cc2C(F)(F)F)cc1C(=O)OC. The first-order valence-corrected chi connectivity index (χ1v) is 15.8. The van der Waals surface area contributed by atoms with Crippen molar-refractivity contribution < 1.29 is 46.1 Å². The minimum Gasteiger partial charge on any atom is -0.465 e. The van der Waals surface area contributed by atoms with Gasteiger partial charge in [-0.05, 0) is 56.1 Å². The van der Waals surface area contributed by atoms with Gasteiger partial charge in [0.2, 0.25) is 11.8 Å². The lowest BCUT2D eigenvalue weighted by Gasteiger charge is -2.36. The number of nitrogens with zero attached hydrogens (tertiary/aromatic N) is 5. The molecule has 0 bridgehead atoms. The molecule has 0 spiro atoms. The van der Waals surface area contributed by atoms with E-state index in [0.29, 0.717) is 24.7 Å². The molecule has 2 aliphatic rings. The number of rotatable bonds is 13. The fourth-order valence-corrected chi connectivity index (χ4v) is 5.96. The molecule has 1 aromatic carbocycles. The smallest absolute Gasteiger partial charge is 0.421 e. The van der Waals surface area contributed by atoms with Gasteiger partial charge in [0.25, 0.3) is 0 Å². The highest BCUT2D eigenvalue weighted by Gasteiger charge is 2.38. The van der Waals surface area contributed by atoms with E-state index in [1.807, 2.05) is 0 Å². The molecule has 2 aromatic heterocycles. The zero-order valence-electron chi connectivity index (χ0n) is 27.3. The summed E-state index contributed by atoms with van der Waals surface area (Å²) in [7, 11) is 3.95. The Hall–Kier alpha value is -4.11. The Morgan fingerprint density at radius 2 is 1.69 bits per heavy atom. The van der Waals surface area contributed by atoms with E-state index in [0.717, 1.165) is 62.9 Å². The molecule has 11 nitrogen and oxygen atoms in total. The zero-order chi connectivity index (χ0) is 34.6. The number of alkyl halides is 3. The maximum atomic E-state index is 15.9. The standard InChI is InChI=1S/C33H39F4N5O6/c1-19-5-7-22(8-6-19)31(43)42(23(17-45-2)18-46-3)28-13-26(34)29(12-24(28)32(44)47-4)48-30-25(33(35,36)37)11-20(14-38-30)16-41-39-15-27(40-41)21-9-10-21/h11-15,19,21-23H,5-10,16-18H2,1-4H3. The topological polar surface area (TPSA) is 118 Å². The fraction of sp³-hybridized carbons (Fsp3) is 0.545. The lowest BCUT2D eigenvalue weighted by Crippen LogP contribution is -2.49. The van der Waals surface area contributed by atoms with Gasteiger partial charge >= 0.3 is 12.1 Å². The number of ether oxygens (including phenoxy) is 4. The minimum atomic E-state index is -4.93. The fourth-order valence-electron chi connectivity index (χ4n) is 5.96. The number of benzene rings is 1. The number of pyridine rings is 1. The number of anilines is 1. The lowest BCUT2D eigenvalue weighted by molar-refractivity contribution is -0.139. The van der Waals surface area contributed by atoms with Crippen LogP contribution < -0.4 is 9.64 Å². The summed E-state index contributed by atoms with van der Waals surface area (Å²) in [6.07, 6.45) is 2.65. The molecular formula is C33H39F4N5O6. The minimum absolute atomic E-state index is 0.00958. The molecule has 0 saturated heterocycles. The van der Waals surface area contributed by atoms with E-state index in [1.165, 1.54) is 23.9 Å². The largest absolute Gasteiger partial charge is 0.465 e. The predicted octanol–water partition coefficient (Wildman–Crippen LogP) is 6.16. The van der Waals surface area contributed by atoms with Gasteiger partial charge in [0, 0.05) is 44.4 Å². The van der Waals surface area contributed by atoms with Gasteiger partial charge in [-0.25, -0.2) is 14.2 Å². The molecule has 260 valence electrons. The van der Waals surface area contributed by atoms with Gasteiger partial charge in [-0.3, -0.25) is 4.79 Å². The van der Waals surface area contributed by atoms with Crippen LogP contribution in [0.4, 0.5) is 23.2 Å². The molecule has 2 saturated carbocycles. The van der Waals surface area contributed by atoms with Gasteiger partial charge in [0.15, 0.2) is 11.6 Å². The Labute approximate surface area is 275 Å². The average Bonchev–Trinajstić information content (AvgIpc) is 3.80. The molecule has 0 radical (unpaired) electrons. The van der Waals surface area contributed by atoms with E-state index in [2.05, 4.69) is 22.1 Å². The van der Waals surface area contributed by atoms with Crippen LogP contribution in [0.3, 0.4) is 0 Å². The van der Waals surface area contributed by atoms with Gasteiger partial charge in [-0.1, -0.05) is 6.92 Å². The third kappa shape index (κ3) is 8.12. The predicted molar refractivity (Wildman–Crippen MR) is 164 cm³/mol. The number of amides is 1. The van der Waals surface area contributed by atoms with Crippen LogP contribution in [-0.4, -0.2) is 72.4 Å². The van der Waals surface area contributed by atoms with Crippen LogP contribution in [0.15, 0.2) is 30.6 Å². The van der Waals surface area contributed by atoms with Crippen molar-refractivity contribution in [2.24, 2.45) is 11.8 Å². The van der Waals surface area contributed by atoms with Crippen LogP contribution >= 0.6 is 0 Å². The van der Waals surface area contributed by atoms with E-state index in [-0.39, 0.29) is 42.5 Å². The van der Waals surface area contributed by atoms with Crippen LogP contribution in [0.1, 0.15) is 78.5 Å². The summed E-state index contributed by atoms with van der Waals surface area (Å²) in [5.41, 5.74) is -0.784. The Bertz CT molecular complexity index is 1600. The molecule has 1 amide bonds. The number of carbonyl (C=O) groups is 2. The molecule has 2 heterocycles. The molecular weight excluding hydrogens is 638 g/mol. The van der Waals surface area contributed by atoms with E-state index < -0.39 is 47.1 Å². The van der Waals surface area contributed by atoms with Crippen molar-refractivity contribution in [2.45, 2.75) is 70.1 Å². The summed E-state index contributed by atoms with van der Waals surface area (Å²) in [5.74, 6) is -3.74. The van der Waals surface area contributed by atoms with Gasteiger partial charge < -0.3 is 23.8 Å². The van der Waals surface area contributed by atoms with Crippen LogP contribution in [-0.2, 0) is 31.7 Å². The summed E-state index contributed by atoms with van der Waals surface area (Å²) in [6.45, 7) is 2.01. The molecule has 0 N–H and O–H groups in total. The summed E-state index contributed by atoms with van der Waals surface area (Å²) in [5, 5.41) is 8.46. The Balaban J connectivity index is 1.51. The first-order chi connectivity index (χ1) is 22.9. The molecule has 15 heteroatoms. The van der Waals surface area contributed by atoms with E-state index in [1.54, 1.807) is 6.20 Å². The molecule has 5 rings (SSSR count). The van der Waals surface area contributed by atoms with Crippen molar-refractivity contribution in [1.82, 2.24) is 20.0 Å². The lowest BCUT2D eigenvalue weighted by atomic mass is 9.82. The van der Waals surface area contributed by atoms with E-state index in [9.17, 15) is 22.8 Å². The van der Waals surface area contributed by atoms with Crippen LogP contribution in [0.25, 0.3) is 0 Å². The number of hydrogen-bond donors (Lipinski definition) is 0. The normalized spacial score (nSPS) is 18.2. The highest BCUT2D eigenvalue weighted by atomic mass is 19.4. The van der Waals surface area contributed by atoms with Crippen molar-refractivity contribution in [2.75, 3.05) is 39.4 Å². The van der Waals surface area contributed by atoms with Gasteiger partial charge in [0.1, 0.15) is 5.56 Å². The third-order valence-corrected chi connectivity index (χ3v) is 8.69. The highest BCUT2D eigenvalue weighted by Crippen LogP contribution is 2.41. The van der Waals surface area contributed by atoms with Crippen molar-refractivity contribution in [1.29, 1.82) is 0 Å². The summed E-state index contributed by atoms with van der Waals surface area (Å²) >= 11 is 0. The Kier molecular flexibility index (Phi) is 11.0. The van der Waals surface area contributed by atoms with Gasteiger partial charge in [-0.15, -0.1) is 0 Å². The average molecular weight is 678 g/mol. The van der Waals surface area contributed by atoms with Crippen LogP contribution in [0.2, 0.25) is 0 Å². The Morgan fingerprint density at radius 1 is 1.00 bits per heavy atom. The monoisotopic (exact) mass is 677 g/mol. The molecule has 0 aliphatic heterocycles. The first-order valence-electron chi connectivity index (χ1n) is 15.8. The maximum Gasteiger partial charge on any atom is 0.421 e. The second-order valence-electron chi connectivity index (χ2n) is 12.4.